The number of carbonyl (C=O) groups excluding carboxylic acids is 2. The maximum absolute atomic E-state index is 13.5. The molecule has 1 unspecified atom stereocenters. The van der Waals surface area contributed by atoms with Crippen LogP contribution in [0.1, 0.15) is 65.0 Å². The lowest BCUT2D eigenvalue weighted by Crippen LogP contribution is -2.57. The van der Waals surface area contributed by atoms with Gasteiger partial charge in [0.05, 0.1) is 28.2 Å². The van der Waals surface area contributed by atoms with Gasteiger partial charge in [-0.15, -0.1) is 11.3 Å². The first kappa shape index (κ1) is 26.6. The largest absolute Gasteiger partial charge is 0.391 e. The smallest absolute Gasteiger partial charge is 0.243 e. The van der Waals surface area contributed by atoms with Gasteiger partial charge in [-0.2, -0.15) is 0 Å². The number of likely N-dealkylation sites (tertiary alicyclic amines) is 1. The Morgan fingerprint density at radius 3 is 2.56 bits per heavy atom. The van der Waals surface area contributed by atoms with Gasteiger partial charge < -0.3 is 20.6 Å². The fourth-order valence-electron chi connectivity index (χ4n) is 4.77. The number of aliphatic hydroxyl groups is 1. The van der Waals surface area contributed by atoms with Crippen molar-refractivity contribution in [1.82, 2.24) is 20.5 Å². The molecule has 1 saturated heterocycles. The van der Waals surface area contributed by atoms with E-state index in [1.54, 1.807) is 16.2 Å². The van der Waals surface area contributed by atoms with E-state index < -0.39 is 18.2 Å². The number of thiazole rings is 1. The fraction of sp³-hybridized carbons (Fsp3) is 0.654. The lowest BCUT2D eigenvalue weighted by atomic mass is 9.85. The van der Waals surface area contributed by atoms with Crippen LogP contribution in [0.5, 0.6) is 0 Å². The fourth-order valence-corrected chi connectivity index (χ4v) is 5.71. The summed E-state index contributed by atoms with van der Waals surface area (Å²) in [7, 11) is 0. The van der Waals surface area contributed by atoms with E-state index in [4.69, 9.17) is 0 Å². The highest BCUT2D eigenvalue weighted by molar-refractivity contribution is 7.10. The third-order valence-corrected chi connectivity index (χ3v) is 7.55. The Hall–Kier alpha value is -2.03. The number of carbonyl (C=O) groups is 2. The molecular weight excluding hydrogens is 448 g/mol. The number of allylic oxidation sites excluding steroid dienone is 3. The number of aryl methyl sites for hydroxylation is 1. The van der Waals surface area contributed by atoms with E-state index in [1.165, 1.54) is 10.5 Å². The number of β-amino-alcohol motifs (C(OH)–C–C–N with tert-alkyl or cyclic N) is 1. The summed E-state index contributed by atoms with van der Waals surface area (Å²) >= 11 is 1.66. The number of hydrogen-bond donors (Lipinski definition) is 3. The highest BCUT2D eigenvalue weighted by atomic mass is 32.1. The normalized spacial score (nSPS) is 24.1. The molecule has 1 fully saturated rings. The average molecular weight is 489 g/mol. The average Bonchev–Trinajstić information content (AvgIpc) is 3.34. The van der Waals surface area contributed by atoms with Crippen LogP contribution in [0, 0.1) is 18.3 Å². The number of amides is 2. The predicted octanol–water partition coefficient (Wildman–Crippen LogP) is 3.29. The van der Waals surface area contributed by atoms with Crippen LogP contribution in [0.25, 0.3) is 5.57 Å². The third kappa shape index (κ3) is 6.15. The van der Waals surface area contributed by atoms with Gasteiger partial charge in [0.25, 0.3) is 0 Å². The zero-order chi connectivity index (χ0) is 25.2. The van der Waals surface area contributed by atoms with E-state index in [0.717, 1.165) is 17.7 Å². The van der Waals surface area contributed by atoms with E-state index in [9.17, 15) is 14.7 Å². The van der Waals surface area contributed by atoms with Crippen LogP contribution in [-0.4, -0.2) is 64.1 Å². The quantitative estimate of drug-likeness (QED) is 0.548. The monoisotopic (exact) mass is 488 g/mol. The summed E-state index contributed by atoms with van der Waals surface area (Å²) < 4.78 is 0. The van der Waals surface area contributed by atoms with Gasteiger partial charge in [-0.25, -0.2) is 4.98 Å². The zero-order valence-corrected chi connectivity index (χ0v) is 22.3. The van der Waals surface area contributed by atoms with Crippen LogP contribution < -0.4 is 10.6 Å². The molecule has 3 N–H and O–H groups in total. The SMILES string of the molecule is Cc1ncsc1C1=CC=C(CNC(=O)[C@@H]2C[C@@H](O)CN2C(=O)[C@@H](NC(C)C)C(C)(C)C)CC1C. The van der Waals surface area contributed by atoms with Crippen molar-refractivity contribution in [1.29, 1.82) is 0 Å². The molecule has 8 heteroatoms. The molecule has 2 aliphatic rings. The maximum Gasteiger partial charge on any atom is 0.243 e. The summed E-state index contributed by atoms with van der Waals surface area (Å²) in [4.78, 5) is 33.7. The molecule has 1 aliphatic carbocycles. The van der Waals surface area contributed by atoms with Crippen molar-refractivity contribution in [3.05, 3.63) is 33.8 Å². The standard InChI is InChI=1S/C26H40N4O3S/c1-15(2)29-23(26(5,6)7)25(33)30-13-19(31)11-21(30)24(32)27-12-18-8-9-20(16(3)10-18)22-17(4)28-14-34-22/h8-9,14-16,19,21,23,29,31H,10-13H2,1-7H3,(H,27,32)/t16?,19-,21+,23-/m1/s1. The molecule has 1 aromatic rings. The van der Waals surface area contributed by atoms with Crippen molar-refractivity contribution >= 4 is 28.7 Å². The summed E-state index contributed by atoms with van der Waals surface area (Å²) in [5.74, 6) is 0.0109. The van der Waals surface area contributed by atoms with Crippen molar-refractivity contribution < 1.29 is 14.7 Å². The third-order valence-electron chi connectivity index (χ3n) is 6.57. The van der Waals surface area contributed by atoms with Crippen molar-refractivity contribution in [3.63, 3.8) is 0 Å². The molecule has 3 rings (SSSR count). The second kappa shape index (κ2) is 10.7. The lowest BCUT2D eigenvalue weighted by Gasteiger charge is -2.36. The minimum absolute atomic E-state index is 0.125. The van der Waals surface area contributed by atoms with Gasteiger partial charge in [-0.1, -0.05) is 59.3 Å². The van der Waals surface area contributed by atoms with E-state index in [0.29, 0.717) is 12.5 Å². The van der Waals surface area contributed by atoms with Gasteiger partial charge in [0.2, 0.25) is 11.8 Å². The zero-order valence-electron chi connectivity index (χ0n) is 21.5. The van der Waals surface area contributed by atoms with Crippen LogP contribution in [0.2, 0.25) is 0 Å². The van der Waals surface area contributed by atoms with Crippen LogP contribution >= 0.6 is 11.3 Å². The highest BCUT2D eigenvalue weighted by Gasteiger charge is 2.44. The first-order valence-corrected chi connectivity index (χ1v) is 13.1. The number of nitrogens with one attached hydrogen (secondary N) is 2. The van der Waals surface area contributed by atoms with Crippen LogP contribution in [0.3, 0.4) is 0 Å². The van der Waals surface area contributed by atoms with Gasteiger partial charge in [-0.3, -0.25) is 9.59 Å². The summed E-state index contributed by atoms with van der Waals surface area (Å²) in [5, 5.41) is 16.7. The van der Waals surface area contributed by atoms with Gasteiger partial charge in [0, 0.05) is 25.6 Å². The minimum Gasteiger partial charge on any atom is -0.391 e. The second-order valence-corrected chi connectivity index (χ2v) is 11.9. The Morgan fingerprint density at radius 1 is 1.29 bits per heavy atom. The van der Waals surface area contributed by atoms with Crippen molar-refractivity contribution in [2.24, 2.45) is 11.3 Å². The van der Waals surface area contributed by atoms with Gasteiger partial charge >= 0.3 is 0 Å². The number of hydrogen-bond acceptors (Lipinski definition) is 6. The molecule has 2 amide bonds. The topological polar surface area (TPSA) is 94.6 Å². The van der Waals surface area contributed by atoms with E-state index in [-0.39, 0.29) is 36.2 Å². The summed E-state index contributed by atoms with van der Waals surface area (Å²) in [5.41, 5.74) is 5.05. The van der Waals surface area contributed by atoms with Gasteiger partial charge in [-0.05, 0) is 30.3 Å². The van der Waals surface area contributed by atoms with Gasteiger partial charge in [0.1, 0.15) is 6.04 Å². The molecule has 1 aliphatic heterocycles. The maximum atomic E-state index is 13.5. The molecule has 2 heterocycles. The highest BCUT2D eigenvalue weighted by Crippen LogP contribution is 2.35. The molecule has 34 heavy (non-hydrogen) atoms. The molecular formula is C26H40N4O3S. The lowest BCUT2D eigenvalue weighted by molar-refractivity contribution is -0.142. The Balaban J connectivity index is 1.68. The molecule has 4 atom stereocenters. The van der Waals surface area contributed by atoms with Crippen LogP contribution in [-0.2, 0) is 9.59 Å². The summed E-state index contributed by atoms with van der Waals surface area (Å²) in [6, 6.07) is -0.970. The first-order valence-electron chi connectivity index (χ1n) is 12.2. The summed E-state index contributed by atoms with van der Waals surface area (Å²) in [6.07, 6.45) is 4.66. The van der Waals surface area contributed by atoms with Crippen LogP contribution in [0.4, 0.5) is 0 Å². The number of rotatable bonds is 7. The molecule has 0 radical (unpaired) electrons. The van der Waals surface area contributed by atoms with Crippen molar-refractivity contribution in [2.75, 3.05) is 13.1 Å². The predicted molar refractivity (Wildman–Crippen MR) is 137 cm³/mol. The van der Waals surface area contributed by atoms with Crippen LogP contribution in [0.15, 0.2) is 23.2 Å². The minimum atomic E-state index is -0.693. The number of aromatic nitrogens is 1. The molecule has 188 valence electrons. The van der Waals surface area contributed by atoms with Crippen molar-refractivity contribution in [2.45, 2.75) is 85.5 Å². The molecule has 7 nitrogen and oxygen atoms in total. The van der Waals surface area contributed by atoms with Gasteiger partial charge in [0.15, 0.2) is 0 Å². The van der Waals surface area contributed by atoms with E-state index >= 15 is 0 Å². The molecule has 0 spiro atoms. The molecule has 0 aromatic carbocycles. The summed E-state index contributed by atoms with van der Waals surface area (Å²) in [6.45, 7) is 14.9. The number of aliphatic hydroxyl groups excluding tert-OH is 1. The molecule has 0 bridgehead atoms. The first-order chi connectivity index (χ1) is 15.9. The van der Waals surface area contributed by atoms with Crippen molar-refractivity contribution in [3.8, 4) is 0 Å². The molecule has 1 aromatic heterocycles. The second-order valence-electron chi connectivity index (χ2n) is 11.1. The Labute approximate surface area is 207 Å². The van der Waals surface area contributed by atoms with E-state index in [1.807, 2.05) is 47.1 Å². The Bertz CT molecular complexity index is 959. The van der Waals surface area contributed by atoms with E-state index in [2.05, 4.69) is 34.7 Å². The molecule has 0 saturated carbocycles. The Kier molecular flexibility index (Phi) is 8.37. The number of nitrogens with zero attached hydrogens (tertiary/aromatic N) is 2. The Morgan fingerprint density at radius 2 is 2.00 bits per heavy atom.